The van der Waals surface area contributed by atoms with Gasteiger partial charge in [-0.1, -0.05) is 34.1 Å². The van der Waals surface area contributed by atoms with Crippen LogP contribution in [0.15, 0.2) is 74.9 Å². The van der Waals surface area contributed by atoms with Crippen LogP contribution in [0, 0.1) is 0 Å². The molecule has 0 radical (unpaired) electrons. The van der Waals surface area contributed by atoms with E-state index in [-0.39, 0.29) is 5.78 Å². The number of allylic oxidation sites excluding steroid dienone is 6. The fourth-order valence-electron chi connectivity index (χ4n) is 2.25. The molecule has 3 rings (SSSR count). The summed E-state index contributed by atoms with van der Waals surface area (Å²) >= 11 is 3.50. The average Bonchev–Trinajstić information content (AvgIpc) is 2.51. The number of carbonyl (C=O) groups is 1. The highest BCUT2D eigenvalue weighted by Crippen LogP contribution is 2.30. The van der Waals surface area contributed by atoms with E-state index in [1.807, 2.05) is 24.3 Å². The first-order valence-corrected chi connectivity index (χ1v) is 7.49. The van der Waals surface area contributed by atoms with Crippen molar-refractivity contribution in [2.75, 3.05) is 0 Å². The minimum Gasteiger partial charge on any atom is -0.290 e. The first-order chi connectivity index (χ1) is 10.6. The highest BCUT2D eigenvalue weighted by Gasteiger charge is 2.17. The Hall–Kier alpha value is -2.24. The van der Waals surface area contributed by atoms with Crippen molar-refractivity contribution in [1.29, 1.82) is 0 Å². The largest absolute Gasteiger partial charge is 0.290 e. The monoisotopic (exact) mass is 356 g/mol. The molecule has 1 aromatic carbocycles. The summed E-state index contributed by atoms with van der Waals surface area (Å²) in [6.45, 7) is 1.75. The normalized spacial score (nSPS) is 21.0. The lowest BCUT2D eigenvalue weighted by Crippen LogP contribution is -2.20. The van der Waals surface area contributed by atoms with Crippen molar-refractivity contribution < 1.29 is 10.0 Å². The van der Waals surface area contributed by atoms with Crippen molar-refractivity contribution in [3.8, 4) is 0 Å². The van der Waals surface area contributed by atoms with Crippen molar-refractivity contribution in [3.63, 3.8) is 0 Å². The van der Waals surface area contributed by atoms with Crippen molar-refractivity contribution in [2.24, 2.45) is 4.99 Å². The second-order valence-corrected chi connectivity index (χ2v) is 5.82. The van der Waals surface area contributed by atoms with Crippen molar-refractivity contribution in [3.05, 3.63) is 75.4 Å². The number of benzene rings is 1. The topological polar surface area (TPSA) is 52.9 Å². The van der Waals surface area contributed by atoms with E-state index in [1.54, 1.807) is 25.2 Å². The Bertz CT molecular complexity index is 801. The zero-order valence-electron chi connectivity index (χ0n) is 11.8. The van der Waals surface area contributed by atoms with Crippen molar-refractivity contribution in [2.45, 2.75) is 6.92 Å². The van der Waals surface area contributed by atoms with Crippen LogP contribution in [0.4, 0.5) is 0 Å². The van der Waals surface area contributed by atoms with E-state index in [0.29, 0.717) is 11.3 Å². The highest BCUT2D eigenvalue weighted by molar-refractivity contribution is 9.10. The molecule has 1 N–H and O–H groups in total. The predicted molar refractivity (Wildman–Crippen MR) is 89.2 cm³/mol. The number of hydroxylamine groups is 2. The number of halogens is 1. The van der Waals surface area contributed by atoms with Gasteiger partial charge in [0.25, 0.3) is 0 Å². The molecule has 4 nitrogen and oxygen atoms in total. The van der Waals surface area contributed by atoms with Gasteiger partial charge < -0.3 is 0 Å². The van der Waals surface area contributed by atoms with Crippen LogP contribution < -0.4 is 0 Å². The summed E-state index contributed by atoms with van der Waals surface area (Å²) in [5.41, 5.74) is 3.63. The molecule has 0 saturated carbocycles. The van der Waals surface area contributed by atoms with Gasteiger partial charge in [0.2, 0.25) is 0 Å². The molecule has 110 valence electrons. The van der Waals surface area contributed by atoms with Crippen LogP contribution in [0.5, 0.6) is 0 Å². The van der Waals surface area contributed by atoms with E-state index in [9.17, 15) is 10.0 Å². The smallest absolute Gasteiger partial charge is 0.181 e. The molecule has 1 aliphatic heterocycles. The van der Waals surface area contributed by atoms with E-state index in [1.165, 1.54) is 12.4 Å². The van der Waals surface area contributed by atoms with Crippen molar-refractivity contribution in [1.82, 2.24) is 5.06 Å². The third-order valence-electron chi connectivity index (χ3n) is 3.45. The van der Waals surface area contributed by atoms with Gasteiger partial charge in [0.15, 0.2) is 5.78 Å². The molecule has 0 atom stereocenters. The van der Waals surface area contributed by atoms with Crippen LogP contribution in [-0.2, 0) is 4.79 Å². The molecule has 0 bridgehead atoms. The van der Waals surface area contributed by atoms with Gasteiger partial charge in [0.1, 0.15) is 6.34 Å². The lowest BCUT2D eigenvalue weighted by Gasteiger charge is -2.21. The molecule has 5 heteroatoms. The molecular weight excluding hydrogens is 344 g/mol. The maximum absolute atomic E-state index is 11.5. The van der Waals surface area contributed by atoms with Gasteiger partial charge >= 0.3 is 0 Å². The number of hydrogen-bond acceptors (Lipinski definition) is 4. The highest BCUT2D eigenvalue weighted by atomic mass is 79.9. The van der Waals surface area contributed by atoms with Crippen LogP contribution in [0.2, 0.25) is 0 Å². The maximum Gasteiger partial charge on any atom is 0.181 e. The average molecular weight is 357 g/mol. The molecule has 0 spiro atoms. The van der Waals surface area contributed by atoms with Crippen LogP contribution in [0.1, 0.15) is 12.5 Å². The van der Waals surface area contributed by atoms with E-state index in [2.05, 4.69) is 20.9 Å². The molecule has 1 aliphatic carbocycles. The molecule has 1 heterocycles. The summed E-state index contributed by atoms with van der Waals surface area (Å²) < 4.78 is 0.926. The SMILES string of the molecule is CC1=CC(=C2C=C(c3ccccc3Br)N=CN2O)C=CC1=O. The van der Waals surface area contributed by atoms with Crippen molar-refractivity contribution >= 4 is 33.7 Å². The van der Waals surface area contributed by atoms with E-state index in [0.717, 1.165) is 26.4 Å². The molecular formula is C17H13BrN2O2. The van der Waals surface area contributed by atoms with E-state index < -0.39 is 0 Å². The van der Waals surface area contributed by atoms with Gasteiger partial charge in [-0.05, 0) is 42.9 Å². The van der Waals surface area contributed by atoms with Gasteiger partial charge in [-0.2, -0.15) is 0 Å². The standard InChI is InChI=1S/C17H13BrN2O2/c1-11-8-12(6-7-17(11)21)16-9-15(19-10-20(16)22)13-4-2-3-5-14(13)18/h2-10,22H,1H3. The Morgan fingerprint density at radius 1 is 1.18 bits per heavy atom. The predicted octanol–water partition coefficient (Wildman–Crippen LogP) is 3.86. The first kappa shape index (κ1) is 14.7. The molecule has 22 heavy (non-hydrogen) atoms. The summed E-state index contributed by atoms with van der Waals surface area (Å²) in [6.07, 6.45) is 8.10. The minimum atomic E-state index is -0.0201. The lowest BCUT2D eigenvalue weighted by atomic mass is 9.99. The lowest BCUT2D eigenvalue weighted by molar-refractivity contribution is -0.111. The zero-order chi connectivity index (χ0) is 15.7. The molecule has 0 unspecified atom stereocenters. The molecule has 2 aliphatic rings. The zero-order valence-corrected chi connectivity index (χ0v) is 13.4. The summed E-state index contributed by atoms with van der Waals surface area (Å²) in [5, 5.41) is 11.0. The molecule has 0 aromatic heterocycles. The number of aliphatic imine (C=N–C) groups is 1. The van der Waals surface area contributed by atoms with E-state index >= 15 is 0 Å². The third kappa shape index (κ3) is 2.73. The van der Waals surface area contributed by atoms with Crippen LogP contribution in [-0.4, -0.2) is 22.4 Å². The number of ketones is 1. The Morgan fingerprint density at radius 3 is 2.68 bits per heavy atom. The maximum atomic E-state index is 11.5. The van der Waals surface area contributed by atoms with Crippen LogP contribution in [0.25, 0.3) is 5.70 Å². The second kappa shape index (κ2) is 5.87. The summed E-state index contributed by atoms with van der Waals surface area (Å²) in [5.74, 6) is -0.0201. The summed E-state index contributed by atoms with van der Waals surface area (Å²) in [4.78, 5) is 15.8. The summed E-state index contributed by atoms with van der Waals surface area (Å²) in [6, 6.07) is 7.74. The number of rotatable bonds is 1. The van der Waals surface area contributed by atoms with E-state index in [4.69, 9.17) is 0 Å². The number of hydrogen-bond donors (Lipinski definition) is 1. The summed E-state index contributed by atoms with van der Waals surface area (Å²) in [7, 11) is 0. The van der Waals surface area contributed by atoms with Gasteiger partial charge in [-0.3, -0.25) is 10.0 Å². The Balaban J connectivity index is 2.10. The van der Waals surface area contributed by atoms with Crippen LogP contribution in [0.3, 0.4) is 0 Å². The Labute approximate surface area is 136 Å². The van der Waals surface area contributed by atoms with Gasteiger partial charge in [0, 0.05) is 15.6 Å². The Morgan fingerprint density at radius 2 is 1.95 bits per heavy atom. The third-order valence-corrected chi connectivity index (χ3v) is 4.14. The number of nitrogens with zero attached hydrogens (tertiary/aromatic N) is 2. The molecule has 0 amide bonds. The molecule has 1 aromatic rings. The molecule has 0 fully saturated rings. The van der Waals surface area contributed by atoms with Crippen LogP contribution >= 0.6 is 15.9 Å². The van der Waals surface area contributed by atoms with Gasteiger partial charge in [-0.15, -0.1) is 0 Å². The fourth-order valence-corrected chi connectivity index (χ4v) is 2.74. The molecule has 0 saturated heterocycles. The fraction of sp³-hybridized carbons (Fsp3) is 0.0588. The van der Waals surface area contributed by atoms with Gasteiger partial charge in [0.05, 0.1) is 11.4 Å². The second-order valence-electron chi connectivity index (χ2n) is 4.96. The quantitative estimate of drug-likeness (QED) is 0.830. The Kier molecular flexibility index (Phi) is 3.92. The van der Waals surface area contributed by atoms with Gasteiger partial charge in [-0.25, -0.2) is 10.1 Å². The number of carbonyl (C=O) groups excluding carboxylic acids is 1. The minimum absolute atomic E-state index is 0.0201. The first-order valence-electron chi connectivity index (χ1n) is 6.70.